The highest BCUT2D eigenvalue weighted by Gasteiger charge is 2.29. The zero-order valence-corrected chi connectivity index (χ0v) is 13.3. The second-order valence-corrected chi connectivity index (χ2v) is 6.36. The molecule has 1 aliphatic heterocycles. The minimum atomic E-state index is 0.196. The SMILES string of the molecule is CCCn1ncc(Br)c1C(NC)C1CSCCO1. The summed E-state index contributed by atoms with van der Waals surface area (Å²) in [6.07, 6.45) is 3.18. The van der Waals surface area contributed by atoms with Crippen molar-refractivity contribution < 1.29 is 4.74 Å². The van der Waals surface area contributed by atoms with E-state index < -0.39 is 0 Å². The maximum atomic E-state index is 5.90. The molecule has 2 atom stereocenters. The maximum absolute atomic E-state index is 5.90. The van der Waals surface area contributed by atoms with E-state index >= 15 is 0 Å². The third-order valence-electron chi connectivity index (χ3n) is 3.09. The van der Waals surface area contributed by atoms with Crippen LogP contribution < -0.4 is 5.32 Å². The molecular formula is C12H20BrN3OS. The Balaban J connectivity index is 2.22. The number of likely N-dealkylation sites (N-methyl/N-ethyl adjacent to an activating group) is 1. The van der Waals surface area contributed by atoms with Crippen LogP contribution >= 0.6 is 27.7 Å². The number of nitrogens with one attached hydrogen (secondary N) is 1. The molecule has 0 amide bonds. The highest BCUT2D eigenvalue weighted by atomic mass is 79.9. The molecule has 0 aromatic carbocycles. The van der Waals surface area contributed by atoms with Gasteiger partial charge in [-0.15, -0.1) is 0 Å². The average Bonchev–Trinajstić information content (AvgIpc) is 2.75. The summed E-state index contributed by atoms with van der Waals surface area (Å²) in [4.78, 5) is 0. The van der Waals surface area contributed by atoms with Gasteiger partial charge in [-0.05, 0) is 29.4 Å². The van der Waals surface area contributed by atoms with E-state index in [1.165, 1.54) is 5.69 Å². The Kier molecular flexibility index (Phi) is 5.54. The molecule has 0 saturated carbocycles. The van der Waals surface area contributed by atoms with Crippen molar-refractivity contribution in [3.8, 4) is 0 Å². The van der Waals surface area contributed by atoms with Gasteiger partial charge in [0.15, 0.2) is 0 Å². The van der Waals surface area contributed by atoms with Gasteiger partial charge in [0.2, 0.25) is 0 Å². The molecular weight excluding hydrogens is 314 g/mol. The van der Waals surface area contributed by atoms with Gasteiger partial charge in [0.05, 0.1) is 35.1 Å². The van der Waals surface area contributed by atoms with Crippen LogP contribution in [0.25, 0.3) is 0 Å². The number of ether oxygens (including phenoxy) is 1. The maximum Gasteiger partial charge on any atom is 0.0875 e. The van der Waals surface area contributed by atoms with Crippen molar-refractivity contribution in [2.45, 2.75) is 32.0 Å². The molecule has 1 aromatic rings. The average molecular weight is 334 g/mol. The zero-order chi connectivity index (χ0) is 13.0. The Morgan fingerprint density at radius 3 is 3.17 bits per heavy atom. The van der Waals surface area contributed by atoms with Gasteiger partial charge in [0, 0.05) is 18.1 Å². The van der Waals surface area contributed by atoms with E-state index in [0.29, 0.717) is 0 Å². The molecule has 4 nitrogen and oxygen atoms in total. The first-order chi connectivity index (χ1) is 8.77. The lowest BCUT2D eigenvalue weighted by Crippen LogP contribution is -2.38. The zero-order valence-electron chi connectivity index (χ0n) is 10.9. The standard InChI is InChI=1S/C12H20BrN3OS/c1-3-4-16-12(9(13)7-15-16)11(14-2)10-8-18-6-5-17-10/h7,10-11,14H,3-6,8H2,1-2H3. The largest absolute Gasteiger partial charge is 0.374 e. The topological polar surface area (TPSA) is 39.1 Å². The van der Waals surface area contributed by atoms with E-state index in [1.807, 2.05) is 25.0 Å². The lowest BCUT2D eigenvalue weighted by Gasteiger charge is -2.30. The summed E-state index contributed by atoms with van der Waals surface area (Å²) in [5.74, 6) is 2.14. The smallest absolute Gasteiger partial charge is 0.0875 e. The van der Waals surface area contributed by atoms with Gasteiger partial charge in [-0.2, -0.15) is 16.9 Å². The van der Waals surface area contributed by atoms with Gasteiger partial charge in [-0.25, -0.2) is 0 Å². The van der Waals surface area contributed by atoms with Crippen LogP contribution in [-0.2, 0) is 11.3 Å². The predicted octanol–water partition coefficient (Wildman–Crippen LogP) is 2.45. The van der Waals surface area contributed by atoms with Crippen molar-refractivity contribution in [1.82, 2.24) is 15.1 Å². The summed E-state index contributed by atoms with van der Waals surface area (Å²) in [6, 6.07) is 0.196. The van der Waals surface area contributed by atoms with Gasteiger partial charge < -0.3 is 10.1 Å². The van der Waals surface area contributed by atoms with E-state index in [-0.39, 0.29) is 12.1 Å². The van der Waals surface area contributed by atoms with Crippen LogP contribution in [0.1, 0.15) is 25.1 Å². The fraction of sp³-hybridized carbons (Fsp3) is 0.750. The first kappa shape index (κ1) is 14.4. The Bertz CT molecular complexity index is 379. The molecule has 0 bridgehead atoms. The second-order valence-electron chi connectivity index (χ2n) is 4.35. The Hall–Kier alpha value is -0.0400. The molecule has 1 N–H and O–H groups in total. The van der Waals surface area contributed by atoms with Crippen molar-refractivity contribution >= 4 is 27.7 Å². The second kappa shape index (κ2) is 6.93. The van der Waals surface area contributed by atoms with E-state index in [9.17, 15) is 0 Å². The molecule has 0 radical (unpaired) electrons. The van der Waals surface area contributed by atoms with Gasteiger partial charge in [-0.3, -0.25) is 4.68 Å². The molecule has 0 spiro atoms. The van der Waals surface area contributed by atoms with Crippen molar-refractivity contribution in [1.29, 1.82) is 0 Å². The number of hydrogen-bond donors (Lipinski definition) is 1. The Morgan fingerprint density at radius 2 is 2.56 bits per heavy atom. The number of nitrogens with zero attached hydrogens (tertiary/aromatic N) is 2. The van der Waals surface area contributed by atoms with E-state index in [0.717, 1.165) is 35.6 Å². The number of halogens is 1. The van der Waals surface area contributed by atoms with Crippen LogP contribution in [0.5, 0.6) is 0 Å². The van der Waals surface area contributed by atoms with Crippen LogP contribution in [0.3, 0.4) is 0 Å². The molecule has 1 aliphatic rings. The molecule has 2 rings (SSSR count). The summed E-state index contributed by atoms with van der Waals surface area (Å²) in [5, 5.41) is 7.82. The molecule has 1 aromatic heterocycles. The summed E-state index contributed by atoms with van der Waals surface area (Å²) in [7, 11) is 1.99. The molecule has 102 valence electrons. The number of aromatic nitrogens is 2. The number of thioether (sulfide) groups is 1. The summed E-state index contributed by atoms with van der Waals surface area (Å²) in [6.45, 7) is 3.95. The molecule has 6 heteroatoms. The molecule has 2 unspecified atom stereocenters. The van der Waals surface area contributed by atoms with Crippen LogP contribution in [-0.4, -0.2) is 41.0 Å². The summed E-state index contributed by atoms with van der Waals surface area (Å²) in [5.41, 5.74) is 1.20. The summed E-state index contributed by atoms with van der Waals surface area (Å²) >= 11 is 5.57. The van der Waals surface area contributed by atoms with Gasteiger partial charge >= 0.3 is 0 Å². The lowest BCUT2D eigenvalue weighted by molar-refractivity contribution is 0.0463. The van der Waals surface area contributed by atoms with Crippen molar-refractivity contribution in [2.75, 3.05) is 25.2 Å². The van der Waals surface area contributed by atoms with Crippen LogP contribution in [0.2, 0.25) is 0 Å². The van der Waals surface area contributed by atoms with Gasteiger partial charge in [-0.1, -0.05) is 6.92 Å². The van der Waals surface area contributed by atoms with Gasteiger partial charge in [0.25, 0.3) is 0 Å². The molecule has 0 aliphatic carbocycles. The van der Waals surface area contributed by atoms with Crippen molar-refractivity contribution in [3.63, 3.8) is 0 Å². The van der Waals surface area contributed by atoms with E-state index in [4.69, 9.17) is 4.74 Å². The number of rotatable bonds is 5. The van der Waals surface area contributed by atoms with Crippen LogP contribution in [0.15, 0.2) is 10.7 Å². The summed E-state index contributed by atoms with van der Waals surface area (Å²) < 4.78 is 9.04. The lowest BCUT2D eigenvalue weighted by atomic mass is 10.1. The Labute approximate surface area is 121 Å². The predicted molar refractivity (Wildman–Crippen MR) is 79.1 cm³/mol. The van der Waals surface area contributed by atoms with Crippen molar-refractivity contribution in [2.24, 2.45) is 0 Å². The number of hydrogen-bond acceptors (Lipinski definition) is 4. The van der Waals surface area contributed by atoms with Crippen molar-refractivity contribution in [3.05, 3.63) is 16.4 Å². The third-order valence-corrected chi connectivity index (χ3v) is 4.72. The fourth-order valence-electron chi connectivity index (χ4n) is 2.27. The quantitative estimate of drug-likeness (QED) is 0.898. The fourth-order valence-corrected chi connectivity index (χ4v) is 3.71. The first-order valence-electron chi connectivity index (χ1n) is 6.35. The van der Waals surface area contributed by atoms with Crippen LogP contribution in [0.4, 0.5) is 0 Å². The normalized spacial score (nSPS) is 22.1. The molecule has 18 heavy (non-hydrogen) atoms. The van der Waals surface area contributed by atoms with Gasteiger partial charge in [0.1, 0.15) is 0 Å². The minimum Gasteiger partial charge on any atom is -0.374 e. The minimum absolute atomic E-state index is 0.196. The first-order valence-corrected chi connectivity index (χ1v) is 8.30. The highest BCUT2D eigenvalue weighted by Crippen LogP contribution is 2.30. The van der Waals surface area contributed by atoms with E-state index in [2.05, 4.69) is 38.0 Å². The third kappa shape index (κ3) is 3.10. The molecule has 1 fully saturated rings. The molecule has 2 heterocycles. The monoisotopic (exact) mass is 333 g/mol. The highest BCUT2D eigenvalue weighted by molar-refractivity contribution is 9.10. The number of aryl methyl sites for hydroxylation is 1. The van der Waals surface area contributed by atoms with Crippen LogP contribution in [0, 0.1) is 0 Å². The van der Waals surface area contributed by atoms with E-state index in [1.54, 1.807) is 0 Å². The Morgan fingerprint density at radius 1 is 1.72 bits per heavy atom. The molecule has 1 saturated heterocycles.